The number of fused-ring (bicyclic) bond motifs is 1. The van der Waals surface area contributed by atoms with Crippen molar-refractivity contribution in [3.05, 3.63) is 63.1 Å². The molecule has 0 saturated heterocycles. The lowest BCUT2D eigenvalue weighted by Crippen LogP contribution is -2.14. The van der Waals surface area contributed by atoms with Gasteiger partial charge in [0.2, 0.25) is 5.16 Å². The zero-order chi connectivity index (χ0) is 16.0. The number of hydrogen-bond donors (Lipinski definition) is 1. The number of hydrogen-bond acceptors (Lipinski definition) is 4. The summed E-state index contributed by atoms with van der Waals surface area (Å²) in [6.07, 6.45) is 0. The Labute approximate surface area is 151 Å². The molecule has 1 atom stereocenters. The fourth-order valence-electron chi connectivity index (χ4n) is 2.38. The van der Waals surface area contributed by atoms with Crippen LogP contribution in [-0.4, -0.2) is 14.9 Å². The van der Waals surface area contributed by atoms with Gasteiger partial charge in [-0.2, -0.15) is 0 Å². The number of aromatic nitrogens is 3. The van der Waals surface area contributed by atoms with E-state index in [4.69, 9.17) is 34.8 Å². The van der Waals surface area contributed by atoms with Gasteiger partial charge in [0.25, 0.3) is 0 Å². The number of rotatable bonds is 2. The predicted octanol–water partition coefficient (Wildman–Crippen LogP) is 5.25. The van der Waals surface area contributed by atoms with Gasteiger partial charge >= 0.3 is 0 Å². The SMILES string of the molecule is Clc1ccc(C2Nn3c(nnc3-c3ccccc3Cl)S2)c(Cl)c1. The molecule has 2 aromatic carbocycles. The summed E-state index contributed by atoms with van der Waals surface area (Å²) in [6, 6.07) is 13.0. The molecule has 1 N–H and O–H groups in total. The van der Waals surface area contributed by atoms with Crippen LogP contribution in [0.25, 0.3) is 11.4 Å². The van der Waals surface area contributed by atoms with Crippen molar-refractivity contribution >= 4 is 46.6 Å². The van der Waals surface area contributed by atoms with Crippen molar-refractivity contribution in [3.8, 4) is 11.4 Å². The molecule has 0 bridgehead atoms. The molecular formula is C15H9Cl3N4S. The van der Waals surface area contributed by atoms with E-state index in [2.05, 4.69) is 15.6 Å². The van der Waals surface area contributed by atoms with Crippen LogP contribution in [0, 0.1) is 0 Å². The molecule has 4 nitrogen and oxygen atoms in total. The molecule has 1 aromatic heterocycles. The average Bonchev–Trinajstić information content (AvgIpc) is 3.08. The molecular weight excluding hydrogens is 375 g/mol. The first-order chi connectivity index (χ1) is 11.1. The van der Waals surface area contributed by atoms with Gasteiger partial charge in [-0.3, -0.25) is 0 Å². The van der Waals surface area contributed by atoms with E-state index in [1.807, 2.05) is 41.1 Å². The first kappa shape index (κ1) is 15.1. The van der Waals surface area contributed by atoms with E-state index in [1.54, 1.807) is 6.07 Å². The van der Waals surface area contributed by atoms with Crippen molar-refractivity contribution in [2.45, 2.75) is 10.5 Å². The van der Waals surface area contributed by atoms with Gasteiger partial charge in [-0.1, -0.05) is 64.8 Å². The predicted molar refractivity (Wildman–Crippen MR) is 94.9 cm³/mol. The van der Waals surface area contributed by atoms with Gasteiger partial charge in [0, 0.05) is 21.2 Å². The third-order valence-electron chi connectivity index (χ3n) is 3.46. The van der Waals surface area contributed by atoms with Gasteiger partial charge in [0.05, 0.1) is 5.02 Å². The Bertz CT molecular complexity index is 896. The molecule has 0 radical (unpaired) electrons. The molecule has 1 aliphatic rings. The zero-order valence-corrected chi connectivity index (χ0v) is 14.6. The summed E-state index contributed by atoms with van der Waals surface area (Å²) in [7, 11) is 0. The van der Waals surface area contributed by atoms with Gasteiger partial charge < -0.3 is 5.43 Å². The second-order valence-corrected chi connectivity index (χ2v) is 7.24. The van der Waals surface area contributed by atoms with Crippen molar-refractivity contribution in [1.29, 1.82) is 0 Å². The van der Waals surface area contributed by atoms with Crippen LogP contribution in [0.2, 0.25) is 15.1 Å². The van der Waals surface area contributed by atoms with Gasteiger partial charge in [-0.05, 0) is 24.3 Å². The van der Waals surface area contributed by atoms with E-state index in [9.17, 15) is 0 Å². The third kappa shape index (κ3) is 2.68. The van der Waals surface area contributed by atoms with E-state index in [-0.39, 0.29) is 5.37 Å². The van der Waals surface area contributed by atoms with Crippen LogP contribution in [0.1, 0.15) is 10.9 Å². The fraction of sp³-hybridized carbons (Fsp3) is 0.0667. The summed E-state index contributed by atoms with van der Waals surface area (Å²) in [5.74, 6) is 0.672. The van der Waals surface area contributed by atoms with E-state index in [0.717, 1.165) is 16.3 Å². The highest BCUT2D eigenvalue weighted by Crippen LogP contribution is 2.43. The molecule has 1 unspecified atom stereocenters. The smallest absolute Gasteiger partial charge is 0.212 e. The van der Waals surface area contributed by atoms with Crippen LogP contribution in [-0.2, 0) is 0 Å². The number of halogens is 3. The number of thioether (sulfide) groups is 1. The fourth-order valence-corrected chi connectivity index (χ4v) is 4.21. The van der Waals surface area contributed by atoms with Crippen LogP contribution >= 0.6 is 46.6 Å². The molecule has 0 aliphatic carbocycles. The first-order valence-corrected chi connectivity index (χ1v) is 8.73. The Morgan fingerprint density at radius 1 is 1.00 bits per heavy atom. The Kier molecular flexibility index (Phi) is 3.89. The lowest BCUT2D eigenvalue weighted by Gasteiger charge is -2.14. The minimum Gasteiger partial charge on any atom is -0.304 e. The molecule has 0 fully saturated rings. The molecule has 3 aromatic rings. The number of nitrogens with one attached hydrogen (secondary N) is 1. The van der Waals surface area contributed by atoms with E-state index >= 15 is 0 Å². The Hall–Kier alpha value is -1.40. The standard InChI is InChI=1S/C15H9Cl3N4S/c16-8-5-6-10(12(18)7-8)14-21-22-13(19-20-15(22)23-14)9-3-1-2-4-11(9)17/h1-7,14,21H. The highest BCUT2D eigenvalue weighted by Gasteiger charge is 2.29. The summed E-state index contributed by atoms with van der Waals surface area (Å²) >= 11 is 20.1. The molecule has 4 rings (SSSR count). The maximum atomic E-state index is 6.30. The highest BCUT2D eigenvalue weighted by atomic mass is 35.5. The first-order valence-electron chi connectivity index (χ1n) is 6.72. The molecule has 116 valence electrons. The summed E-state index contributed by atoms with van der Waals surface area (Å²) < 4.78 is 1.83. The summed E-state index contributed by atoms with van der Waals surface area (Å²) in [4.78, 5) is 0. The van der Waals surface area contributed by atoms with Crippen LogP contribution in [0.4, 0.5) is 0 Å². The molecule has 0 saturated carbocycles. The second kappa shape index (κ2) is 5.91. The van der Waals surface area contributed by atoms with Crippen LogP contribution in [0.3, 0.4) is 0 Å². The van der Waals surface area contributed by atoms with Crippen molar-refractivity contribution < 1.29 is 0 Å². The molecule has 8 heteroatoms. The summed E-state index contributed by atoms with van der Waals surface area (Å²) in [6.45, 7) is 0. The van der Waals surface area contributed by atoms with Gasteiger partial charge in [-0.15, -0.1) is 10.2 Å². The molecule has 1 aliphatic heterocycles. The van der Waals surface area contributed by atoms with Crippen molar-refractivity contribution in [2.24, 2.45) is 0 Å². The van der Waals surface area contributed by atoms with Crippen LogP contribution in [0.15, 0.2) is 47.6 Å². The summed E-state index contributed by atoms with van der Waals surface area (Å²) in [5, 5.41) is 11.0. The maximum absolute atomic E-state index is 6.30. The molecule has 23 heavy (non-hydrogen) atoms. The van der Waals surface area contributed by atoms with Gasteiger partial charge in [-0.25, -0.2) is 4.68 Å². The topological polar surface area (TPSA) is 42.7 Å². The average molecular weight is 384 g/mol. The van der Waals surface area contributed by atoms with Crippen LogP contribution < -0.4 is 5.43 Å². The second-order valence-electron chi connectivity index (χ2n) is 4.91. The quantitative estimate of drug-likeness (QED) is 0.656. The molecule has 0 spiro atoms. The number of benzene rings is 2. The minimum atomic E-state index is -0.0634. The van der Waals surface area contributed by atoms with Crippen molar-refractivity contribution in [1.82, 2.24) is 14.9 Å². The Balaban J connectivity index is 1.70. The maximum Gasteiger partial charge on any atom is 0.212 e. The van der Waals surface area contributed by atoms with E-state index in [1.165, 1.54) is 11.8 Å². The summed E-state index contributed by atoms with van der Waals surface area (Å²) in [5.41, 5.74) is 5.12. The van der Waals surface area contributed by atoms with Crippen molar-refractivity contribution in [3.63, 3.8) is 0 Å². The highest BCUT2D eigenvalue weighted by molar-refractivity contribution is 7.99. The zero-order valence-electron chi connectivity index (χ0n) is 11.5. The van der Waals surface area contributed by atoms with Gasteiger partial charge in [0.1, 0.15) is 5.37 Å². The Morgan fingerprint density at radius 3 is 2.61 bits per heavy atom. The minimum absolute atomic E-state index is 0.0634. The largest absolute Gasteiger partial charge is 0.304 e. The Morgan fingerprint density at radius 2 is 1.83 bits per heavy atom. The molecule has 2 heterocycles. The van der Waals surface area contributed by atoms with E-state index < -0.39 is 0 Å². The monoisotopic (exact) mass is 382 g/mol. The molecule has 0 amide bonds. The van der Waals surface area contributed by atoms with E-state index in [0.29, 0.717) is 20.9 Å². The normalized spacial score (nSPS) is 16.2. The lowest BCUT2D eigenvalue weighted by molar-refractivity contribution is 0.792. The van der Waals surface area contributed by atoms with Crippen LogP contribution in [0.5, 0.6) is 0 Å². The van der Waals surface area contributed by atoms with Gasteiger partial charge in [0.15, 0.2) is 5.82 Å². The van der Waals surface area contributed by atoms with Crippen molar-refractivity contribution in [2.75, 3.05) is 5.43 Å². The third-order valence-corrected chi connectivity index (χ3v) is 5.42. The number of nitrogens with zero attached hydrogens (tertiary/aromatic N) is 3. The lowest BCUT2D eigenvalue weighted by atomic mass is 10.2.